The van der Waals surface area contributed by atoms with Gasteiger partial charge in [-0.3, -0.25) is 0 Å². The normalized spacial score (nSPS) is 10.3. The minimum atomic E-state index is 0.316. The van der Waals surface area contributed by atoms with Gasteiger partial charge in [-0.15, -0.1) is 5.10 Å². The zero-order valence-corrected chi connectivity index (χ0v) is 12.5. The number of hydrogen-bond donors (Lipinski definition) is 2. The second-order valence-electron chi connectivity index (χ2n) is 3.06. The minimum Gasteiger partial charge on any atom is -0.486 e. The van der Waals surface area contributed by atoms with Crippen molar-refractivity contribution >= 4 is 48.4 Å². The molecule has 0 aliphatic carbocycles. The molecule has 0 aliphatic heterocycles. The van der Waals surface area contributed by atoms with E-state index in [2.05, 4.69) is 46.9 Å². The summed E-state index contributed by atoms with van der Waals surface area (Å²) in [5, 5.41) is 4.63. The van der Waals surface area contributed by atoms with Gasteiger partial charge in [0.2, 0.25) is 0 Å². The van der Waals surface area contributed by atoms with Crippen molar-refractivity contribution in [2.24, 2.45) is 5.84 Å². The molecule has 0 saturated carbocycles. The number of benzene rings is 1. The summed E-state index contributed by atoms with van der Waals surface area (Å²) in [5.41, 5.74) is 3.22. The van der Waals surface area contributed by atoms with Crippen LogP contribution >= 0.6 is 43.4 Å². The number of ether oxygens (including phenoxy) is 1. The van der Waals surface area contributed by atoms with Crippen molar-refractivity contribution in [1.29, 1.82) is 0 Å². The summed E-state index contributed by atoms with van der Waals surface area (Å²) in [6.07, 6.45) is 0. The van der Waals surface area contributed by atoms with Crippen molar-refractivity contribution in [3.05, 3.63) is 32.8 Å². The Labute approximate surface area is 119 Å². The molecule has 2 aromatic rings. The molecule has 0 radical (unpaired) electrons. The molecular weight excluding hydrogens is 372 g/mol. The van der Waals surface area contributed by atoms with Crippen LogP contribution in [-0.4, -0.2) is 9.59 Å². The maximum atomic E-state index is 5.62. The number of aromatic nitrogens is 2. The van der Waals surface area contributed by atoms with Crippen molar-refractivity contribution in [2.75, 3.05) is 5.43 Å². The lowest BCUT2D eigenvalue weighted by atomic mass is 10.3. The molecule has 0 saturated heterocycles. The second-order valence-corrected chi connectivity index (χ2v) is 5.58. The topological polar surface area (TPSA) is 73.1 Å². The van der Waals surface area contributed by atoms with Crippen LogP contribution in [0.2, 0.25) is 0 Å². The van der Waals surface area contributed by atoms with Crippen LogP contribution in [0.3, 0.4) is 0 Å². The molecule has 3 N–H and O–H groups in total. The minimum absolute atomic E-state index is 0.316. The first-order chi connectivity index (χ1) is 8.20. The fourth-order valence-electron chi connectivity index (χ4n) is 1.15. The number of halogens is 2. The molecule has 1 aromatic carbocycles. The Morgan fingerprint density at radius 3 is 2.94 bits per heavy atom. The maximum absolute atomic E-state index is 5.62. The summed E-state index contributed by atoms with van der Waals surface area (Å²) in [6, 6.07) is 5.68. The zero-order valence-electron chi connectivity index (χ0n) is 8.48. The van der Waals surface area contributed by atoms with Gasteiger partial charge in [-0.25, -0.2) is 5.84 Å². The van der Waals surface area contributed by atoms with Gasteiger partial charge in [0.1, 0.15) is 18.1 Å². The first kappa shape index (κ1) is 12.7. The number of nitrogens with zero attached hydrogens (tertiary/aromatic N) is 2. The van der Waals surface area contributed by atoms with E-state index in [1.165, 1.54) is 11.5 Å². The molecular formula is C9H8Br2N4OS. The van der Waals surface area contributed by atoms with E-state index in [9.17, 15) is 0 Å². The quantitative estimate of drug-likeness (QED) is 0.631. The lowest BCUT2D eigenvalue weighted by molar-refractivity contribution is 0.300. The molecule has 0 spiro atoms. The van der Waals surface area contributed by atoms with Gasteiger partial charge in [0.25, 0.3) is 0 Å². The van der Waals surface area contributed by atoms with E-state index >= 15 is 0 Å². The highest BCUT2D eigenvalue weighted by Gasteiger charge is 2.08. The Kier molecular flexibility index (Phi) is 4.32. The average Bonchev–Trinajstić information content (AvgIpc) is 2.75. The van der Waals surface area contributed by atoms with Crippen LogP contribution in [0.15, 0.2) is 27.1 Å². The molecule has 90 valence electrons. The third-order valence-electron chi connectivity index (χ3n) is 1.95. The van der Waals surface area contributed by atoms with E-state index < -0.39 is 0 Å². The van der Waals surface area contributed by atoms with Crippen LogP contribution in [0.1, 0.15) is 5.69 Å². The molecule has 1 aromatic heterocycles. The summed E-state index contributed by atoms with van der Waals surface area (Å²) >= 11 is 7.99. The summed E-state index contributed by atoms with van der Waals surface area (Å²) in [4.78, 5) is 0. The summed E-state index contributed by atoms with van der Waals surface area (Å²) in [7, 11) is 0. The van der Waals surface area contributed by atoms with E-state index in [4.69, 9.17) is 10.6 Å². The van der Waals surface area contributed by atoms with Crippen molar-refractivity contribution in [1.82, 2.24) is 9.59 Å². The Morgan fingerprint density at radius 2 is 2.24 bits per heavy atom. The van der Waals surface area contributed by atoms with Crippen LogP contribution in [0, 0.1) is 0 Å². The molecule has 0 atom stereocenters. The summed E-state index contributed by atoms with van der Waals surface area (Å²) < 4.78 is 11.3. The van der Waals surface area contributed by atoms with Crippen LogP contribution in [-0.2, 0) is 6.61 Å². The van der Waals surface area contributed by atoms with E-state index in [1.54, 1.807) is 0 Å². The molecule has 17 heavy (non-hydrogen) atoms. The molecule has 8 heteroatoms. The predicted molar refractivity (Wildman–Crippen MR) is 73.9 cm³/mol. The van der Waals surface area contributed by atoms with Crippen molar-refractivity contribution in [3.63, 3.8) is 0 Å². The van der Waals surface area contributed by atoms with E-state index in [0.717, 1.165) is 14.7 Å². The standard InChI is InChI=1S/C9H8Br2N4OS/c10-5-1-2-8(6(11)3-5)16-4-7-9(13-12)17-15-14-7/h1-3,13H,4,12H2. The smallest absolute Gasteiger partial charge is 0.150 e. The molecule has 0 bridgehead atoms. The zero-order chi connectivity index (χ0) is 12.3. The van der Waals surface area contributed by atoms with Gasteiger partial charge < -0.3 is 10.2 Å². The number of anilines is 1. The SMILES string of the molecule is NNc1snnc1COc1ccc(Br)cc1Br. The predicted octanol–water partition coefficient (Wildman–Crippen LogP) is 2.93. The van der Waals surface area contributed by atoms with E-state index in [-0.39, 0.29) is 0 Å². The third-order valence-corrected chi connectivity index (χ3v) is 3.76. The van der Waals surface area contributed by atoms with Crippen molar-refractivity contribution in [3.8, 4) is 5.75 Å². The van der Waals surface area contributed by atoms with Crippen LogP contribution in [0.25, 0.3) is 0 Å². The number of hydrogen-bond acceptors (Lipinski definition) is 6. The van der Waals surface area contributed by atoms with Crippen molar-refractivity contribution < 1.29 is 4.74 Å². The van der Waals surface area contributed by atoms with Gasteiger partial charge in [0, 0.05) is 16.0 Å². The number of nitrogens with one attached hydrogen (secondary N) is 1. The van der Waals surface area contributed by atoms with Gasteiger partial charge in [-0.2, -0.15) is 0 Å². The molecule has 1 heterocycles. The van der Waals surface area contributed by atoms with Crippen LogP contribution < -0.4 is 16.0 Å². The Hall–Kier alpha value is -0.700. The first-order valence-corrected chi connectivity index (χ1v) is 6.92. The second kappa shape index (κ2) is 5.76. The van der Waals surface area contributed by atoms with Gasteiger partial charge in [0.15, 0.2) is 5.00 Å². The lowest BCUT2D eigenvalue weighted by Crippen LogP contribution is -2.08. The summed E-state index contributed by atoms with van der Waals surface area (Å²) in [5.74, 6) is 6.06. The van der Waals surface area contributed by atoms with Crippen LogP contribution in [0.5, 0.6) is 5.75 Å². The first-order valence-electron chi connectivity index (χ1n) is 4.56. The van der Waals surface area contributed by atoms with Crippen LogP contribution in [0.4, 0.5) is 5.00 Å². The van der Waals surface area contributed by atoms with Gasteiger partial charge >= 0.3 is 0 Å². The fraction of sp³-hybridized carbons (Fsp3) is 0.111. The third kappa shape index (κ3) is 3.15. The monoisotopic (exact) mass is 378 g/mol. The number of hydrazine groups is 1. The molecule has 5 nitrogen and oxygen atoms in total. The lowest BCUT2D eigenvalue weighted by Gasteiger charge is -2.07. The largest absolute Gasteiger partial charge is 0.486 e. The average molecular weight is 380 g/mol. The molecule has 2 rings (SSSR count). The number of rotatable bonds is 4. The van der Waals surface area contributed by atoms with Crippen molar-refractivity contribution in [2.45, 2.75) is 6.61 Å². The number of nitrogen functional groups attached to an aromatic ring is 1. The van der Waals surface area contributed by atoms with Gasteiger partial charge in [0.05, 0.1) is 4.47 Å². The highest BCUT2D eigenvalue weighted by molar-refractivity contribution is 9.11. The Morgan fingerprint density at radius 1 is 1.41 bits per heavy atom. The van der Waals surface area contributed by atoms with E-state index in [1.807, 2.05) is 18.2 Å². The highest BCUT2D eigenvalue weighted by Crippen LogP contribution is 2.29. The number of nitrogens with two attached hydrogens (primary N) is 1. The summed E-state index contributed by atoms with van der Waals surface area (Å²) in [6.45, 7) is 0.316. The Bertz CT molecular complexity index is 519. The van der Waals surface area contributed by atoms with E-state index in [0.29, 0.717) is 17.3 Å². The maximum Gasteiger partial charge on any atom is 0.150 e. The van der Waals surface area contributed by atoms with Gasteiger partial charge in [-0.1, -0.05) is 20.4 Å². The van der Waals surface area contributed by atoms with Gasteiger partial charge in [-0.05, 0) is 34.1 Å². The molecule has 0 amide bonds. The Balaban J connectivity index is 2.07. The molecule has 0 fully saturated rings. The molecule has 0 aliphatic rings. The molecule has 0 unspecified atom stereocenters. The fourth-order valence-corrected chi connectivity index (χ4v) is 2.79. The highest BCUT2D eigenvalue weighted by atomic mass is 79.9.